The summed E-state index contributed by atoms with van der Waals surface area (Å²) < 4.78 is 10.9. The van der Waals surface area contributed by atoms with Crippen molar-refractivity contribution in [3.8, 4) is 11.3 Å². The van der Waals surface area contributed by atoms with Crippen molar-refractivity contribution >= 4 is 28.5 Å². The normalized spacial score (nSPS) is 18.8. The molecule has 174 valence electrons. The molecule has 2 amide bonds. The number of hydrogen-bond donors (Lipinski definition) is 3. The maximum atomic E-state index is 12.1. The Kier molecular flexibility index (Phi) is 8.22. The summed E-state index contributed by atoms with van der Waals surface area (Å²) in [5.41, 5.74) is 2.29. The van der Waals surface area contributed by atoms with E-state index in [1.807, 2.05) is 50.4 Å². The van der Waals surface area contributed by atoms with E-state index in [0.717, 1.165) is 42.5 Å². The van der Waals surface area contributed by atoms with Crippen molar-refractivity contribution in [2.75, 3.05) is 11.9 Å². The highest BCUT2D eigenvalue weighted by Crippen LogP contribution is 2.27. The van der Waals surface area contributed by atoms with Crippen molar-refractivity contribution in [1.29, 1.82) is 0 Å². The summed E-state index contributed by atoms with van der Waals surface area (Å²) >= 11 is 1.31. The monoisotopic (exact) mass is 461 g/mol. The number of aliphatic hydroxyl groups is 1. The second-order valence-electron chi connectivity index (χ2n) is 8.98. The number of alkyl carbamates (subject to hydrolysis) is 1. The molecule has 2 aromatic rings. The van der Waals surface area contributed by atoms with Gasteiger partial charge >= 0.3 is 6.09 Å². The summed E-state index contributed by atoms with van der Waals surface area (Å²) in [6.45, 7) is 5.60. The number of aromatic nitrogens is 1. The third-order valence-corrected chi connectivity index (χ3v) is 5.67. The number of ether oxygens (including phenoxy) is 2. The summed E-state index contributed by atoms with van der Waals surface area (Å²) in [5, 5.41) is 17.2. The number of aliphatic hydroxyl groups excluding tert-OH is 1. The summed E-state index contributed by atoms with van der Waals surface area (Å²) in [6, 6.07) is 7.95. The van der Waals surface area contributed by atoms with Crippen LogP contribution in [0, 0.1) is 0 Å². The number of anilines is 1. The average Bonchev–Trinajstić information content (AvgIpc) is 3.19. The molecule has 1 aromatic heterocycles. The Morgan fingerprint density at radius 1 is 1.22 bits per heavy atom. The van der Waals surface area contributed by atoms with E-state index in [0.29, 0.717) is 11.7 Å². The summed E-state index contributed by atoms with van der Waals surface area (Å²) in [4.78, 5) is 28.2. The van der Waals surface area contributed by atoms with E-state index in [9.17, 15) is 14.7 Å². The molecule has 3 rings (SSSR count). The maximum absolute atomic E-state index is 12.1. The minimum Gasteiger partial charge on any atom is -0.439 e. The Morgan fingerprint density at radius 3 is 2.69 bits per heavy atom. The molecule has 0 unspecified atom stereocenters. The molecule has 0 aliphatic heterocycles. The summed E-state index contributed by atoms with van der Waals surface area (Å²) in [5.74, 6) is -0.449. The predicted octanol–water partition coefficient (Wildman–Crippen LogP) is 4.09. The van der Waals surface area contributed by atoms with Gasteiger partial charge in [0.1, 0.15) is 0 Å². The predicted molar refractivity (Wildman–Crippen MR) is 123 cm³/mol. The molecule has 1 aromatic carbocycles. The van der Waals surface area contributed by atoms with Crippen LogP contribution in [0.3, 0.4) is 0 Å². The molecular weight excluding hydrogens is 430 g/mol. The fourth-order valence-corrected chi connectivity index (χ4v) is 4.07. The number of carbonyl (C=O) groups is 2. The number of hydrogen-bond acceptors (Lipinski definition) is 7. The van der Waals surface area contributed by atoms with Crippen molar-refractivity contribution in [3.05, 3.63) is 35.2 Å². The Labute approximate surface area is 192 Å². The minimum absolute atomic E-state index is 0.190. The average molecular weight is 462 g/mol. The molecule has 9 heteroatoms. The van der Waals surface area contributed by atoms with Crippen LogP contribution >= 0.6 is 11.3 Å². The van der Waals surface area contributed by atoms with Gasteiger partial charge < -0.3 is 19.9 Å². The third kappa shape index (κ3) is 7.89. The molecule has 0 spiro atoms. The van der Waals surface area contributed by atoms with Crippen LogP contribution in [0.2, 0.25) is 0 Å². The van der Waals surface area contributed by atoms with Crippen LogP contribution in [0.4, 0.5) is 9.93 Å². The number of rotatable bonds is 7. The molecule has 0 saturated heterocycles. The number of nitrogens with one attached hydrogen (secondary N) is 2. The van der Waals surface area contributed by atoms with E-state index in [4.69, 9.17) is 9.47 Å². The number of thiazole rings is 1. The summed E-state index contributed by atoms with van der Waals surface area (Å²) in [6.07, 6.45) is 2.72. The zero-order chi connectivity index (χ0) is 23.1. The highest BCUT2D eigenvalue weighted by molar-refractivity contribution is 7.14. The van der Waals surface area contributed by atoms with Gasteiger partial charge in [-0.05, 0) is 58.1 Å². The lowest BCUT2D eigenvalue weighted by atomic mass is 9.95. The first-order chi connectivity index (χ1) is 15.2. The highest BCUT2D eigenvalue weighted by Gasteiger charge is 2.20. The second kappa shape index (κ2) is 10.9. The topological polar surface area (TPSA) is 110 Å². The third-order valence-electron chi connectivity index (χ3n) is 4.91. The lowest BCUT2D eigenvalue weighted by Crippen LogP contribution is -2.41. The van der Waals surface area contributed by atoms with Gasteiger partial charge in [-0.3, -0.25) is 10.1 Å². The Balaban J connectivity index is 1.50. The first-order valence-electron chi connectivity index (χ1n) is 10.8. The molecule has 3 N–H and O–H groups in total. The number of carbonyl (C=O) groups excluding carboxylic acids is 2. The van der Waals surface area contributed by atoms with Crippen molar-refractivity contribution in [3.63, 3.8) is 0 Å². The fourth-order valence-electron chi connectivity index (χ4n) is 3.34. The van der Waals surface area contributed by atoms with E-state index in [1.165, 1.54) is 11.3 Å². The van der Waals surface area contributed by atoms with Crippen molar-refractivity contribution < 1.29 is 24.2 Å². The zero-order valence-corrected chi connectivity index (χ0v) is 19.5. The zero-order valence-electron chi connectivity index (χ0n) is 18.7. The molecule has 1 saturated carbocycles. The van der Waals surface area contributed by atoms with Crippen LogP contribution in [-0.2, 0) is 20.9 Å². The number of amides is 2. The van der Waals surface area contributed by atoms with Gasteiger partial charge in [0.15, 0.2) is 11.7 Å². The van der Waals surface area contributed by atoms with Crippen LogP contribution < -0.4 is 10.6 Å². The van der Waals surface area contributed by atoms with Gasteiger partial charge in [-0.1, -0.05) is 18.2 Å². The largest absolute Gasteiger partial charge is 0.439 e. The molecule has 1 fully saturated rings. The Bertz CT molecular complexity index is 916. The molecule has 8 nitrogen and oxygen atoms in total. The molecule has 1 heterocycles. The first-order valence-corrected chi connectivity index (χ1v) is 11.7. The van der Waals surface area contributed by atoms with Crippen LogP contribution in [0.5, 0.6) is 0 Å². The SMILES string of the molecule is CC(C)(C)NC(=O)OCC(=O)Nc1nc(-c2cccc(COC3CCC(O)CC3)c2)cs1. The van der Waals surface area contributed by atoms with E-state index in [-0.39, 0.29) is 18.8 Å². The Hall–Kier alpha value is -2.49. The van der Waals surface area contributed by atoms with Crippen molar-refractivity contribution in [2.45, 2.75) is 70.8 Å². The molecule has 32 heavy (non-hydrogen) atoms. The molecule has 0 radical (unpaired) electrons. The molecule has 0 atom stereocenters. The maximum Gasteiger partial charge on any atom is 0.408 e. The lowest BCUT2D eigenvalue weighted by molar-refractivity contribution is -0.119. The van der Waals surface area contributed by atoms with Gasteiger partial charge in [-0.25, -0.2) is 9.78 Å². The molecular formula is C23H31N3O5S. The minimum atomic E-state index is -0.643. The van der Waals surface area contributed by atoms with Gasteiger partial charge in [0.05, 0.1) is 24.5 Å². The van der Waals surface area contributed by atoms with Gasteiger partial charge in [0.2, 0.25) is 0 Å². The fraction of sp³-hybridized carbons (Fsp3) is 0.522. The van der Waals surface area contributed by atoms with E-state index in [1.54, 1.807) is 0 Å². The van der Waals surface area contributed by atoms with E-state index < -0.39 is 17.5 Å². The second-order valence-corrected chi connectivity index (χ2v) is 9.84. The van der Waals surface area contributed by atoms with Gasteiger partial charge in [-0.2, -0.15) is 0 Å². The standard InChI is InChI=1S/C23H31N3O5S/c1-23(2,3)26-22(29)31-13-20(28)25-21-24-19(14-32-21)16-6-4-5-15(11-16)12-30-18-9-7-17(27)8-10-18/h4-6,11,14,17-18,27H,7-10,12-13H2,1-3H3,(H,26,29)(H,24,25,28). The number of benzene rings is 1. The quantitative estimate of drug-likeness (QED) is 0.573. The lowest BCUT2D eigenvalue weighted by Gasteiger charge is -2.25. The van der Waals surface area contributed by atoms with Crippen LogP contribution in [0.1, 0.15) is 52.0 Å². The van der Waals surface area contributed by atoms with Crippen molar-refractivity contribution in [1.82, 2.24) is 10.3 Å². The molecule has 1 aliphatic carbocycles. The van der Waals surface area contributed by atoms with Crippen LogP contribution in [0.15, 0.2) is 29.6 Å². The van der Waals surface area contributed by atoms with Gasteiger partial charge in [0, 0.05) is 16.5 Å². The smallest absolute Gasteiger partial charge is 0.408 e. The Morgan fingerprint density at radius 2 is 1.97 bits per heavy atom. The van der Waals surface area contributed by atoms with Gasteiger partial charge in [-0.15, -0.1) is 11.3 Å². The van der Waals surface area contributed by atoms with Gasteiger partial charge in [0.25, 0.3) is 5.91 Å². The number of nitrogens with zero attached hydrogens (tertiary/aromatic N) is 1. The van der Waals surface area contributed by atoms with Crippen LogP contribution in [-0.4, -0.2) is 46.4 Å². The van der Waals surface area contributed by atoms with Crippen LogP contribution in [0.25, 0.3) is 11.3 Å². The molecule has 0 bridgehead atoms. The molecule has 1 aliphatic rings. The first kappa shape index (κ1) is 24.2. The van der Waals surface area contributed by atoms with E-state index in [2.05, 4.69) is 15.6 Å². The van der Waals surface area contributed by atoms with E-state index >= 15 is 0 Å². The summed E-state index contributed by atoms with van der Waals surface area (Å²) in [7, 11) is 0. The highest BCUT2D eigenvalue weighted by atomic mass is 32.1. The van der Waals surface area contributed by atoms with Crippen molar-refractivity contribution in [2.24, 2.45) is 0 Å².